The van der Waals surface area contributed by atoms with Gasteiger partial charge in [0.05, 0.1) is 17.1 Å². The highest BCUT2D eigenvalue weighted by Crippen LogP contribution is 2.31. The lowest BCUT2D eigenvalue weighted by Crippen LogP contribution is -2.36. The van der Waals surface area contributed by atoms with E-state index in [4.69, 9.17) is 0 Å². The number of nitrogens with one attached hydrogen (secondary N) is 1. The minimum Gasteiger partial charge on any atom is -0.366 e. The number of rotatable bonds is 7. The van der Waals surface area contributed by atoms with Crippen molar-refractivity contribution >= 4 is 22.9 Å². The molecule has 0 spiro atoms. The van der Waals surface area contributed by atoms with Crippen molar-refractivity contribution in [2.45, 2.75) is 51.6 Å². The van der Waals surface area contributed by atoms with Gasteiger partial charge in [-0.25, -0.2) is 4.68 Å². The lowest BCUT2D eigenvalue weighted by atomic mass is 10.0. The third kappa shape index (κ3) is 4.91. The Kier molecular flexibility index (Phi) is 6.26. The Labute approximate surface area is 202 Å². The van der Waals surface area contributed by atoms with E-state index in [2.05, 4.69) is 44.3 Å². The molecule has 5 heterocycles. The first kappa shape index (κ1) is 22.7. The number of anilines is 2. The van der Waals surface area contributed by atoms with Crippen molar-refractivity contribution in [2.24, 2.45) is 0 Å². The minimum absolute atomic E-state index is 0.0900. The first-order valence-electron chi connectivity index (χ1n) is 11.9. The summed E-state index contributed by atoms with van der Waals surface area (Å²) in [4.78, 5) is 32.5. The molecule has 5 rings (SSSR count). The molecular formula is C25H28N8O2. The van der Waals surface area contributed by atoms with E-state index in [0.29, 0.717) is 11.3 Å². The SMILES string of the molecule is CC(C)c1nn(CC(=O)Nc2ccc3nncn3c2)c(=O)cc1N1CCCC1Cc1ccccn1. The molecule has 0 bridgehead atoms. The van der Waals surface area contributed by atoms with Crippen LogP contribution in [0, 0.1) is 0 Å². The fraction of sp³-hybridized carbons (Fsp3) is 0.360. The van der Waals surface area contributed by atoms with Crippen molar-refractivity contribution in [3.63, 3.8) is 0 Å². The van der Waals surface area contributed by atoms with Crippen molar-refractivity contribution in [1.82, 2.24) is 29.4 Å². The summed E-state index contributed by atoms with van der Waals surface area (Å²) >= 11 is 0. The second-order valence-electron chi connectivity index (χ2n) is 9.14. The Bertz CT molecular complexity index is 1400. The number of hydrogen-bond acceptors (Lipinski definition) is 7. The zero-order valence-electron chi connectivity index (χ0n) is 19.8. The normalized spacial score (nSPS) is 15.7. The number of aromatic nitrogens is 6. The number of fused-ring (bicyclic) bond motifs is 1. The predicted molar refractivity (Wildman–Crippen MR) is 133 cm³/mol. The van der Waals surface area contributed by atoms with E-state index >= 15 is 0 Å². The van der Waals surface area contributed by atoms with Gasteiger partial charge in [-0.3, -0.25) is 19.0 Å². The van der Waals surface area contributed by atoms with Gasteiger partial charge in [0.2, 0.25) is 5.91 Å². The van der Waals surface area contributed by atoms with Crippen molar-refractivity contribution in [3.05, 3.63) is 76.9 Å². The van der Waals surface area contributed by atoms with Gasteiger partial charge in [0.1, 0.15) is 12.9 Å². The van der Waals surface area contributed by atoms with Gasteiger partial charge in [-0.15, -0.1) is 10.2 Å². The van der Waals surface area contributed by atoms with Crippen LogP contribution < -0.4 is 15.8 Å². The van der Waals surface area contributed by atoms with Crippen LogP contribution in [0.25, 0.3) is 5.65 Å². The van der Waals surface area contributed by atoms with Gasteiger partial charge >= 0.3 is 0 Å². The number of pyridine rings is 2. The van der Waals surface area contributed by atoms with E-state index in [-0.39, 0.29) is 30.0 Å². The highest BCUT2D eigenvalue weighted by Gasteiger charge is 2.29. The zero-order chi connectivity index (χ0) is 24.4. The summed E-state index contributed by atoms with van der Waals surface area (Å²) in [7, 11) is 0. The van der Waals surface area contributed by atoms with Gasteiger partial charge in [-0.05, 0) is 43.0 Å². The van der Waals surface area contributed by atoms with Crippen LogP contribution in [-0.2, 0) is 17.8 Å². The topological polar surface area (TPSA) is 110 Å². The lowest BCUT2D eigenvalue weighted by Gasteiger charge is -2.29. The molecule has 0 radical (unpaired) electrons. The number of hydrogen-bond donors (Lipinski definition) is 1. The molecule has 1 saturated heterocycles. The molecule has 1 unspecified atom stereocenters. The largest absolute Gasteiger partial charge is 0.366 e. The molecule has 1 aliphatic heterocycles. The average Bonchev–Trinajstić information content (AvgIpc) is 3.50. The molecule has 180 valence electrons. The van der Waals surface area contributed by atoms with Gasteiger partial charge in [0, 0.05) is 43.2 Å². The molecular weight excluding hydrogens is 444 g/mol. The predicted octanol–water partition coefficient (Wildman–Crippen LogP) is 2.65. The molecule has 0 saturated carbocycles. The fourth-order valence-corrected chi connectivity index (χ4v) is 4.61. The van der Waals surface area contributed by atoms with Crippen LogP contribution in [0.1, 0.15) is 44.0 Å². The van der Waals surface area contributed by atoms with Crippen LogP contribution in [-0.4, -0.2) is 47.9 Å². The second-order valence-corrected chi connectivity index (χ2v) is 9.14. The summed E-state index contributed by atoms with van der Waals surface area (Å²) in [5.41, 5.74) is 3.69. The van der Waals surface area contributed by atoms with Crippen LogP contribution in [0.5, 0.6) is 0 Å². The van der Waals surface area contributed by atoms with Gasteiger partial charge in [0.15, 0.2) is 5.65 Å². The quantitative estimate of drug-likeness (QED) is 0.440. The van der Waals surface area contributed by atoms with E-state index in [1.807, 2.05) is 24.4 Å². The smallest absolute Gasteiger partial charge is 0.269 e. The molecule has 4 aromatic heterocycles. The Morgan fingerprint density at radius 2 is 2.11 bits per heavy atom. The van der Waals surface area contributed by atoms with Crippen LogP contribution in [0.2, 0.25) is 0 Å². The summed E-state index contributed by atoms with van der Waals surface area (Å²) in [6.07, 6.45) is 8.01. The molecule has 10 nitrogen and oxygen atoms in total. The maximum Gasteiger partial charge on any atom is 0.269 e. The van der Waals surface area contributed by atoms with Crippen LogP contribution in [0.3, 0.4) is 0 Å². The van der Waals surface area contributed by atoms with Crippen LogP contribution >= 0.6 is 0 Å². The third-order valence-electron chi connectivity index (χ3n) is 6.28. The molecule has 0 aromatic carbocycles. The highest BCUT2D eigenvalue weighted by atomic mass is 16.2. The maximum absolute atomic E-state index is 13.0. The van der Waals surface area contributed by atoms with Crippen molar-refractivity contribution in [3.8, 4) is 0 Å². The summed E-state index contributed by atoms with van der Waals surface area (Å²) in [5.74, 6) is -0.240. The molecule has 1 N–H and O–H groups in total. The summed E-state index contributed by atoms with van der Waals surface area (Å²) in [6.45, 7) is 4.81. The number of amides is 1. The Morgan fingerprint density at radius 3 is 2.91 bits per heavy atom. The molecule has 1 atom stereocenters. The monoisotopic (exact) mass is 472 g/mol. The van der Waals surface area contributed by atoms with E-state index in [1.54, 1.807) is 35.1 Å². The summed E-state index contributed by atoms with van der Waals surface area (Å²) < 4.78 is 2.96. The van der Waals surface area contributed by atoms with E-state index in [0.717, 1.165) is 42.9 Å². The van der Waals surface area contributed by atoms with E-state index < -0.39 is 0 Å². The van der Waals surface area contributed by atoms with Crippen molar-refractivity contribution in [2.75, 3.05) is 16.8 Å². The van der Waals surface area contributed by atoms with Gasteiger partial charge in [0.25, 0.3) is 5.56 Å². The van der Waals surface area contributed by atoms with Crippen LogP contribution in [0.4, 0.5) is 11.4 Å². The molecule has 1 fully saturated rings. The molecule has 4 aromatic rings. The molecule has 35 heavy (non-hydrogen) atoms. The minimum atomic E-state index is -0.330. The lowest BCUT2D eigenvalue weighted by molar-refractivity contribution is -0.117. The molecule has 1 amide bonds. The Balaban J connectivity index is 1.36. The van der Waals surface area contributed by atoms with Crippen molar-refractivity contribution in [1.29, 1.82) is 0 Å². The number of nitrogens with zero attached hydrogens (tertiary/aromatic N) is 7. The fourth-order valence-electron chi connectivity index (χ4n) is 4.61. The summed E-state index contributed by atoms with van der Waals surface area (Å²) in [6, 6.07) is 11.4. The Hall–Kier alpha value is -4.08. The first-order chi connectivity index (χ1) is 17.0. The molecule has 1 aliphatic rings. The van der Waals surface area contributed by atoms with Gasteiger partial charge in [-0.1, -0.05) is 19.9 Å². The number of carbonyl (C=O) groups excluding carboxylic acids is 1. The van der Waals surface area contributed by atoms with Crippen molar-refractivity contribution < 1.29 is 4.79 Å². The zero-order valence-corrected chi connectivity index (χ0v) is 19.8. The van der Waals surface area contributed by atoms with Gasteiger partial charge < -0.3 is 10.2 Å². The number of carbonyl (C=O) groups is 1. The van der Waals surface area contributed by atoms with E-state index in [1.165, 1.54) is 4.68 Å². The molecule has 10 heteroatoms. The summed E-state index contributed by atoms with van der Waals surface area (Å²) in [5, 5.41) is 15.2. The standard InChI is InChI=1S/C25H28N8O2/c1-17(2)25-21(32-11-5-7-20(32)12-18-6-3-4-10-26-18)13-24(35)33(30-25)15-23(34)28-19-8-9-22-29-27-16-31(22)14-19/h3-4,6,8-10,13-14,16-17,20H,5,7,11-12,15H2,1-2H3,(H,28,34). The maximum atomic E-state index is 13.0. The molecule has 0 aliphatic carbocycles. The Morgan fingerprint density at radius 1 is 1.23 bits per heavy atom. The van der Waals surface area contributed by atoms with E-state index in [9.17, 15) is 9.59 Å². The average molecular weight is 473 g/mol. The van der Waals surface area contributed by atoms with Crippen LogP contribution in [0.15, 0.2) is 59.9 Å². The van der Waals surface area contributed by atoms with Gasteiger partial charge in [-0.2, -0.15) is 5.10 Å². The highest BCUT2D eigenvalue weighted by molar-refractivity contribution is 5.90. The third-order valence-corrected chi connectivity index (χ3v) is 6.28. The first-order valence-corrected chi connectivity index (χ1v) is 11.9. The second kappa shape index (κ2) is 9.65.